The maximum absolute atomic E-state index is 12.3. The second-order valence-electron chi connectivity index (χ2n) is 5.02. The van der Waals surface area contributed by atoms with Crippen LogP contribution in [-0.2, 0) is 9.59 Å². The van der Waals surface area contributed by atoms with Crippen LogP contribution in [0.1, 0.15) is 32.1 Å². The number of piperazine rings is 1. The van der Waals surface area contributed by atoms with Crippen molar-refractivity contribution in [2.24, 2.45) is 11.7 Å². The number of nitrogens with two attached hydrogens (primary N) is 1. The van der Waals surface area contributed by atoms with Crippen LogP contribution in [0, 0.1) is 5.92 Å². The fourth-order valence-electron chi connectivity index (χ4n) is 2.70. The van der Waals surface area contributed by atoms with E-state index in [1.807, 2.05) is 0 Å². The quantitative estimate of drug-likeness (QED) is 0.625. The summed E-state index contributed by atoms with van der Waals surface area (Å²) in [7, 11) is 0. The van der Waals surface area contributed by atoms with Crippen LogP contribution in [0.25, 0.3) is 0 Å². The van der Waals surface area contributed by atoms with E-state index >= 15 is 0 Å². The standard InChI is InChI=1S/C12H21N3O2/c13-10-5-3-1-2-4-9(10)12(17)15-7-6-14-11(16)8-15/h9-10H,1-8,13H2,(H,14,16). The highest BCUT2D eigenvalue weighted by molar-refractivity contribution is 5.87. The van der Waals surface area contributed by atoms with Crippen molar-refractivity contribution in [1.29, 1.82) is 0 Å². The largest absolute Gasteiger partial charge is 0.353 e. The summed E-state index contributed by atoms with van der Waals surface area (Å²) in [4.78, 5) is 25.3. The highest BCUT2D eigenvalue weighted by Gasteiger charge is 2.32. The van der Waals surface area contributed by atoms with Gasteiger partial charge in [0.25, 0.3) is 0 Å². The first-order chi connectivity index (χ1) is 8.18. The molecule has 1 saturated carbocycles. The molecule has 2 fully saturated rings. The zero-order valence-electron chi connectivity index (χ0n) is 10.2. The van der Waals surface area contributed by atoms with Gasteiger partial charge in [0.1, 0.15) is 0 Å². The van der Waals surface area contributed by atoms with Crippen molar-refractivity contribution in [2.45, 2.75) is 38.1 Å². The predicted molar refractivity (Wildman–Crippen MR) is 64.1 cm³/mol. The molecule has 5 nitrogen and oxygen atoms in total. The summed E-state index contributed by atoms with van der Waals surface area (Å²) < 4.78 is 0. The van der Waals surface area contributed by atoms with Gasteiger partial charge in [-0.1, -0.05) is 19.3 Å². The molecule has 5 heteroatoms. The van der Waals surface area contributed by atoms with Gasteiger partial charge in [0, 0.05) is 19.1 Å². The topological polar surface area (TPSA) is 75.4 Å². The Balaban J connectivity index is 1.99. The smallest absolute Gasteiger partial charge is 0.239 e. The van der Waals surface area contributed by atoms with Gasteiger partial charge >= 0.3 is 0 Å². The molecule has 0 aromatic heterocycles. The highest BCUT2D eigenvalue weighted by atomic mass is 16.2. The number of nitrogens with zero attached hydrogens (tertiary/aromatic N) is 1. The predicted octanol–water partition coefficient (Wildman–Crippen LogP) is -0.148. The molecule has 2 atom stereocenters. The van der Waals surface area contributed by atoms with Crippen molar-refractivity contribution in [3.63, 3.8) is 0 Å². The lowest BCUT2D eigenvalue weighted by molar-refractivity contribution is -0.142. The Labute approximate surface area is 102 Å². The molecule has 2 rings (SSSR count). The fourth-order valence-corrected chi connectivity index (χ4v) is 2.70. The lowest BCUT2D eigenvalue weighted by Gasteiger charge is -2.31. The van der Waals surface area contributed by atoms with Crippen LogP contribution in [0.2, 0.25) is 0 Å². The SMILES string of the molecule is NC1CCCCCC1C(=O)N1CCNC(=O)C1. The molecule has 1 heterocycles. The normalized spacial score (nSPS) is 30.6. The molecule has 17 heavy (non-hydrogen) atoms. The summed E-state index contributed by atoms with van der Waals surface area (Å²) in [6, 6.07) is -0.0324. The summed E-state index contributed by atoms with van der Waals surface area (Å²) in [5, 5.41) is 2.73. The molecule has 0 bridgehead atoms. The van der Waals surface area contributed by atoms with E-state index in [-0.39, 0.29) is 30.3 Å². The first-order valence-corrected chi connectivity index (χ1v) is 6.49. The van der Waals surface area contributed by atoms with Gasteiger partial charge in [-0.05, 0) is 12.8 Å². The second kappa shape index (κ2) is 5.49. The van der Waals surface area contributed by atoms with Crippen LogP contribution in [0.15, 0.2) is 0 Å². The Kier molecular flexibility index (Phi) is 3.99. The van der Waals surface area contributed by atoms with E-state index in [2.05, 4.69) is 5.32 Å². The van der Waals surface area contributed by atoms with Crippen LogP contribution in [0.5, 0.6) is 0 Å². The summed E-state index contributed by atoms with van der Waals surface area (Å²) in [5.41, 5.74) is 6.07. The second-order valence-corrected chi connectivity index (χ2v) is 5.02. The molecule has 1 aliphatic carbocycles. The molecule has 2 aliphatic rings. The minimum atomic E-state index is -0.0802. The number of carbonyl (C=O) groups is 2. The van der Waals surface area contributed by atoms with Crippen LogP contribution in [-0.4, -0.2) is 42.4 Å². The van der Waals surface area contributed by atoms with Crippen molar-refractivity contribution < 1.29 is 9.59 Å². The molecule has 2 amide bonds. The van der Waals surface area contributed by atoms with Gasteiger partial charge in [0.05, 0.1) is 12.5 Å². The molecule has 1 aliphatic heterocycles. The summed E-state index contributed by atoms with van der Waals surface area (Å²) in [6.45, 7) is 1.38. The molecular formula is C12H21N3O2. The average Bonchev–Trinajstić information content (AvgIpc) is 2.53. The monoisotopic (exact) mass is 239 g/mol. The fraction of sp³-hybridized carbons (Fsp3) is 0.833. The van der Waals surface area contributed by atoms with Gasteiger partial charge in [-0.25, -0.2) is 0 Å². The molecule has 0 aromatic carbocycles. The third-order valence-electron chi connectivity index (χ3n) is 3.74. The Hall–Kier alpha value is -1.10. The Morgan fingerprint density at radius 2 is 2.06 bits per heavy atom. The lowest BCUT2D eigenvalue weighted by Crippen LogP contribution is -2.53. The van der Waals surface area contributed by atoms with E-state index in [0.29, 0.717) is 13.1 Å². The molecule has 0 spiro atoms. The summed E-state index contributed by atoms with van der Waals surface area (Å²) in [5.74, 6) is -0.0653. The molecule has 3 N–H and O–H groups in total. The number of hydrogen-bond acceptors (Lipinski definition) is 3. The van der Waals surface area contributed by atoms with Gasteiger partial charge in [0.2, 0.25) is 11.8 Å². The minimum Gasteiger partial charge on any atom is -0.353 e. The van der Waals surface area contributed by atoms with Crippen LogP contribution >= 0.6 is 0 Å². The zero-order valence-corrected chi connectivity index (χ0v) is 10.2. The van der Waals surface area contributed by atoms with E-state index < -0.39 is 0 Å². The van der Waals surface area contributed by atoms with Gasteiger partial charge < -0.3 is 16.0 Å². The van der Waals surface area contributed by atoms with Gasteiger partial charge in [0.15, 0.2) is 0 Å². The highest BCUT2D eigenvalue weighted by Crippen LogP contribution is 2.24. The van der Waals surface area contributed by atoms with Crippen molar-refractivity contribution in [2.75, 3.05) is 19.6 Å². The molecule has 0 aromatic rings. The van der Waals surface area contributed by atoms with Crippen molar-refractivity contribution in [3.05, 3.63) is 0 Å². The third-order valence-corrected chi connectivity index (χ3v) is 3.74. The van der Waals surface area contributed by atoms with Gasteiger partial charge in [-0.3, -0.25) is 9.59 Å². The Morgan fingerprint density at radius 1 is 1.29 bits per heavy atom. The van der Waals surface area contributed by atoms with Crippen molar-refractivity contribution in [1.82, 2.24) is 10.2 Å². The Morgan fingerprint density at radius 3 is 2.82 bits per heavy atom. The molecule has 2 unspecified atom stereocenters. The van der Waals surface area contributed by atoms with Crippen molar-refractivity contribution >= 4 is 11.8 Å². The van der Waals surface area contributed by atoms with Gasteiger partial charge in [-0.15, -0.1) is 0 Å². The van der Waals surface area contributed by atoms with Crippen molar-refractivity contribution in [3.8, 4) is 0 Å². The number of carbonyl (C=O) groups excluding carboxylic acids is 2. The first kappa shape index (κ1) is 12.4. The first-order valence-electron chi connectivity index (χ1n) is 6.49. The van der Waals surface area contributed by atoms with Crippen LogP contribution < -0.4 is 11.1 Å². The maximum atomic E-state index is 12.3. The zero-order chi connectivity index (χ0) is 12.3. The molecule has 1 saturated heterocycles. The average molecular weight is 239 g/mol. The maximum Gasteiger partial charge on any atom is 0.239 e. The summed E-state index contributed by atoms with van der Waals surface area (Å²) in [6.07, 6.45) is 5.15. The number of hydrogen-bond donors (Lipinski definition) is 2. The van der Waals surface area contributed by atoms with E-state index in [1.54, 1.807) is 4.90 Å². The van der Waals surface area contributed by atoms with Gasteiger partial charge in [-0.2, -0.15) is 0 Å². The molecule has 96 valence electrons. The number of rotatable bonds is 1. The minimum absolute atomic E-state index is 0.0324. The van der Waals surface area contributed by atoms with E-state index in [0.717, 1.165) is 32.1 Å². The number of amides is 2. The van der Waals surface area contributed by atoms with E-state index in [1.165, 1.54) is 0 Å². The van der Waals surface area contributed by atoms with Crippen LogP contribution in [0.4, 0.5) is 0 Å². The molecular weight excluding hydrogens is 218 g/mol. The van der Waals surface area contributed by atoms with E-state index in [9.17, 15) is 9.59 Å². The third kappa shape index (κ3) is 2.97. The molecule has 0 radical (unpaired) electrons. The van der Waals surface area contributed by atoms with Crippen LogP contribution in [0.3, 0.4) is 0 Å². The summed E-state index contributed by atoms with van der Waals surface area (Å²) >= 11 is 0. The lowest BCUT2D eigenvalue weighted by atomic mass is 9.94. The number of nitrogens with one attached hydrogen (secondary N) is 1. The van der Waals surface area contributed by atoms with E-state index in [4.69, 9.17) is 5.73 Å². The Bertz CT molecular complexity index is 306.